The average Bonchev–Trinajstić information content (AvgIpc) is 2.70. The van der Waals surface area contributed by atoms with E-state index >= 15 is 0 Å². The summed E-state index contributed by atoms with van der Waals surface area (Å²) in [5, 5.41) is 0.623. The topological polar surface area (TPSA) is 25.8 Å². The first-order valence-electron chi connectivity index (χ1n) is 10.3. The maximum atomic E-state index is 5.81. The minimum absolute atomic E-state index is 0. The van der Waals surface area contributed by atoms with Crippen molar-refractivity contribution in [3.63, 3.8) is 0 Å². The van der Waals surface area contributed by atoms with Crippen molar-refractivity contribution >= 4 is 11.6 Å². The molecule has 0 aliphatic rings. The molecule has 2 heterocycles. The summed E-state index contributed by atoms with van der Waals surface area (Å²) in [6, 6.07) is 18.6. The second kappa shape index (κ2) is 16.5. The third kappa shape index (κ3) is 12.3. The van der Waals surface area contributed by atoms with E-state index in [4.69, 9.17) is 11.6 Å². The normalized spacial score (nSPS) is 9.65. The van der Waals surface area contributed by atoms with Gasteiger partial charge in [0.05, 0.1) is 0 Å². The Morgan fingerprint density at radius 3 is 1.65 bits per heavy atom. The molecule has 3 heteroatoms. The summed E-state index contributed by atoms with van der Waals surface area (Å²) in [5.74, 6) is 1.66. The molecule has 1 aromatic carbocycles. The highest BCUT2D eigenvalue weighted by Gasteiger charge is 2.02. The molecule has 0 radical (unpaired) electrons. The molecule has 2 aromatic heterocycles. The monoisotopic (exact) mass is 442 g/mol. The van der Waals surface area contributed by atoms with Crippen molar-refractivity contribution in [2.24, 2.45) is 0 Å². The molecule has 172 valence electrons. The van der Waals surface area contributed by atoms with Gasteiger partial charge in [-0.2, -0.15) is 0 Å². The highest BCUT2D eigenvalue weighted by Crippen LogP contribution is 2.20. The lowest BCUT2D eigenvalue weighted by Gasteiger charge is -2.04. The first-order chi connectivity index (χ1) is 13.7. The van der Waals surface area contributed by atoms with Crippen LogP contribution in [0.1, 0.15) is 96.5 Å². The fourth-order valence-electron chi connectivity index (χ4n) is 2.49. The molecule has 0 aliphatic carbocycles. The average molecular weight is 443 g/mol. The van der Waals surface area contributed by atoms with Gasteiger partial charge in [-0.1, -0.05) is 110 Å². The van der Waals surface area contributed by atoms with Crippen LogP contribution in [0, 0.1) is 6.92 Å². The zero-order valence-corrected chi connectivity index (χ0v) is 19.6. The van der Waals surface area contributed by atoms with Crippen LogP contribution < -0.4 is 0 Å². The minimum atomic E-state index is 0. The lowest BCUT2D eigenvalue weighted by Crippen LogP contribution is -1.90. The van der Waals surface area contributed by atoms with Crippen LogP contribution in [0.3, 0.4) is 0 Å². The third-order valence-corrected chi connectivity index (χ3v) is 4.72. The standard InChI is InChI=1S/C9H13N.C9H12.C8H10ClN.2CH4/c1-7(2)9-5-4-8(3)6-10-9;1-8(2)9-6-4-3-5-7-9;1-6(2)7-4-3-5-10-8(7)9;;/h4-7H,1-3H3;3-8H,1-2H3;3-6H,1-2H3;2*1H4. The van der Waals surface area contributed by atoms with Gasteiger partial charge >= 0.3 is 0 Å². The first-order valence-corrected chi connectivity index (χ1v) is 10.7. The summed E-state index contributed by atoms with van der Waals surface area (Å²) >= 11 is 5.81. The maximum absolute atomic E-state index is 5.81. The number of rotatable bonds is 3. The van der Waals surface area contributed by atoms with E-state index in [-0.39, 0.29) is 14.9 Å². The van der Waals surface area contributed by atoms with Crippen LogP contribution in [0.25, 0.3) is 0 Å². The summed E-state index contributed by atoms with van der Waals surface area (Å²) in [6.45, 7) is 15.0. The van der Waals surface area contributed by atoms with Gasteiger partial charge in [0.1, 0.15) is 5.15 Å². The van der Waals surface area contributed by atoms with Crippen LogP contribution in [0.15, 0.2) is 67.0 Å². The van der Waals surface area contributed by atoms with Gasteiger partial charge in [0.15, 0.2) is 0 Å². The lowest BCUT2D eigenvalue weighted by molar-refractivity contribution is 0.821. The highest BCUT2D eigenvalue weighted by atomic mass is 35.5. The zero-order valence-electron chi connectivity index (χ0n) is 18.9. The molecule has 0 aliphatic heterocycles. The van der Waals surface area contributed by atoms with Crippen LogP contribution in [0.5, 0.6) is 0 Å². The molecule has 0 saturated carbocycles. The third-order valence-electron chi connectivity index (χ3n) is 4.40. The summed E-state index contributed by atoms with van der Waals surface area (Å²) in [6.07, 6.45) is 3.61. The molecule has 0 amide bonds. The van der Waals surface area contributed by atoms with Crippen molar-refractivity contribution in [2.45, 2.75) is 81.1 Å². The number of benzene rings is 1. The van der Waals surface area contributed by atoms with Gasteiger partial charge in [0.2, 0.25) is 0 Å². The lowest BCUT2D eigenvalue weighted by atomic mass is 10.0. The maximum Gasteiger partial charge on any atom is 0.132 e. The summed E-state index contributed by atoms with van der Waals surface area (Å²) in [5.41, 5.74) is 4.93. The van der Waals surface area contributed by atoms with E-state index in [0.29, 0.717) is 22.9 Å². The van der Waals surface area contributed by atoms with Gasteiger partial charge in [0, 0.05) is 18.1 Å². The molecule has 0 fully saturated rings. The van der Waals surface area contributed by atoms with Crippen molar-refractivity contribution < 1.29 is 0 Å². The van der Waals surface area contributed by atoms with Crippen molar-refractivity contribution in [2.75, 3.05) is 0 Å². The number of hydrogen-bond donors (Lipinski definition) is 0. The summed E-state index contributed by atoms with van der Waals surface area (Å²) < 4.78 is 0. The fourth-order valence-corrected chi connectivity index (χ4v) is 2.83. The van der Waals surface area contributed by atoms with Crippen LogP contribution in [-0.2, 0) is 0 Å². The molecule has 31 heavy (non-hydrogen) atoms. The van der Waals surface area contributed by atoms with E-state index in [1.54, 1.807) is 6.20 Å². The molecule has 0 saturated heterocycles. The molecule has 2 nitrogen and oxygen atoms in total. The van der Waals surface area contributed by atoms with Gasteiger partial charge in [0.25, 0.3) is 0 Å². The predicted octanol–water partition coefficient (Wildman–Crippen LogP) is 9.45. The number of nitrogens with zero attached hydrogens (tertiary/aromatic N) is 2. The molecular formula is C28H43ClN2. The number of hydrogen-bond acceptors (Lipinski definition) is 2. The van der Waals surface area contributed by atoms with E-state index in [2.05, 4.69) is 94.8 Å². The molecule has 0 bridgehead atoms. The SMILES string of the molecule is C.C.CC(C)c1ccccc1.CC(C)c1cccnc1Cl.Cc1ccc(C(C)C)nc1. The first kappa shape index (κ1) is 31.0. The molecule has 0 atom stereocenters. The van der Waals surface area contributed by atoms with Gasteiger partial charge < -0.3 is 0 Å². The number of halogens is 1. The summed E-state index contributed by atoms with van der Waals surface area (Å²) in [4.78, 5) is 8.24. The number of aromatic nitrogens is 2. The van der Waals surface area contributed by atoms with Gasteiger partial charge in [-0.3, -0.25) is 4.98 Å². The van der Waals surface area contributed by atoms with E-state index in [9.17, 15) is 0 Å². The molecule has 0 N–H and O–H groups in total. The van der Waals surface area contributed by atoms with E-state index in [0.717, 1.165) is 5.56 Å². The minimum Gasteiger partial charge on any atom is -0.261 e. The fraction of sp³-hybridized carbons (Fsp3) is 0.429. The Kier molecular flexibility index (Phi) is 16.5. The quantitative estimate of drug-likeness (QED) is 0.377. The van der Waals surface area contributed by atoms with Crippen LogP contribution in [0.2, 0.25) is 5.15 Å². The van der Waals surface area contributed by atoms with Gasteiger partial charge in [-0.25, -0.2) is 4.98 Å². The largest absolute Gasteiger partial charge is 0.261 e. The highest BCUT2D eigenvalue weighted by molar-refractivity contribution is 6.30. The second-order valence-electron chi connectivity index (χ2n) is 8.02. The molecule has 0 spiro atoms. The Morgan fingerprint density at radius 2 is 1.29 bits per heavy atom. The Morgan fingerprint density at radius 1 is 0.677 bits per heavy atom. The Bertz CT molecular complexity index is 810. The zero-order chi connectivity index (χ0) is 21.8. The van der Waals surface area contributed by atoms with Crippen molar-refractivity contribution in [3.05, 3.63) is 94.5 Å². The number of aryl methyl sites for hydroxylation is 1. The van der Waals surface area contributed by atoms with E-state index in [1.165, 1.54) is 16.8 Å². The van der Waals surface area contributed by atoms with Crippen molar-refractivity contribution in [1.29, 1.82) is 0 Å². The van der Waals surface area contributed by atoms with Crippen LogP contribution in [-0.4, -0.2) is 9.97 Å². The molecule has 3 rings (SSSR count). The molecule has 3 aromatic rings. The second-order valence-corrected chi connectivity index (χ2v) is 8.38. The van der Waals surface area contributed by atoms with Crippen LogP contribution >= 0.6 is 11.6 Å². The molecular weight excluding hydrogens is 400 g/mol. The Labute approximate surface area is 197 Å². The smallest absolute Gasteiger partial charge is 0.132 e. The van der Waals surface area contributed by atoms with Crippen LogP contribution in [0.4, 0.5) is 0 Å². The van der Waals surface area contributed by atoms with E-state index < -0.39 is 0 Å². The summed E-state index contributed by atoms with van der Waals surface area (Å²) in [7, 11) is 0. The number of pyridine rings is 2. The van der Waals surface area contributed by atoms with E-state index in [1.807, 2.05) is 24.4 Å². The van der Waals surface area contributed by atoms with Crippen molar-refractivity contribution in [1.82, 2.24) is 9.97 Å². The predicted molar refractivity (Wildman–Crippen MR) is 140 cm³/mol. The Hall–Kier alpha value is -2.19. The van der Waals surface area contributed by atoms with Gasteiger partial charge in [-0.05, 0) is 53.5 Å². The van der Waals surface area contributed by atoms with Gasteiger partial charge in [-0.15, -0.1) is 0 Å². The molecule has 0 unspecified atom stereocenters. The Balaban J connectivity index is 0. The van der Waals surface area contributed by atoms with Crippen molar-refractivity contribution in [3.8, 4) is 0 Å².